The van der Waals surface area contributed by atoms with E-state index >= 15 is 0 Å². The monoisotopic (exact) mass is 307 g/mol. The first-order valence-electron chi connectivity index (χ1n) is 7.04. The number of hydrogen-bond acceptors (Lipinski definition) is 3. The minimum absolute atomic E-state index is 0.138. The van der Waals surface area contributed by atoms with Crippen LogP contribution in [0.2, 0.25) is 0 Å². The lowest BCUT2D eigenvalue weighted by Gasteiger charge is -2.22. The van der Waals surface area contributed by atoms with E-state index in [4.69, 9.17) is 0 Å². The van der Waals surface area contributed by atoms with Crippen molar-refractivity contribution in [2.75, 3.05) is 0 Å². The van der Waals surface area contributed by atoms with Crippen LogP contribution >= 0.6 is 0 Å². The van der Waals surface area contributed by atoms with E-state index in [1.807, 2.05) is 38.1 Å². The van der Waals surface area contributed by atoms with Crippen LogP contribution in [0.5, 0.6) is 0 Å². The van der Waals surface area contributed by atoms with E-state index in [0.29, 0.717) is 0 Å². The van der Waals surface area contributed by atoms with Crippen LogP contribution < -0.4 is 4.72 Å². The molecular weight excluding hydrogens is 286 g/mol. The third-order valence-electron chi connectivity index (χ3n) is 3.48. The summed E-state index contributed by atoms with van der Waals surface area (Å²) < 4.78 is 27.4. The molecule has 0 bridgehead atoms. The van der Waals surface area contributed by atoms with E-state index in [1.54, 1.807) is 0 Å². The van der Waals surface area contributed by atoms with Crippen LogP contribution in [0, 0.1) is 5.92 Å². The summed E-state index contributed by atoms with van der Waals surface area (Å²) in [6.45, 7) is 6.09. The van der Waals surface area contributed by atoms with Gasteiger partial charge in [0, 0.05) is 12.2 Å². The molecule has 0 aliphatic heterocycles. The molecule has 0 fully saturated rings. The highest BCUT2D eigenvalue weighted by Gasteiger charge is 2.24. The number of aryl methyl sites for hydroxylation is 1. The number of H-pyrrole nitrogens is 1. The highest BCUT2D eigenvalue weighted by atomic mass is 32.2. The molecule has 114 valence electrons. The van der Waals surface area contributed by atoms with Crippen molar-refractivity contribution in [2.45, 2.75) is 38.1 Å². The summed E-state index contributed by atoms with van der Waals surface area (Å²) in [5.41, 5.74) is 2.20. The Labute approximate surface area is 125 Å². The van der Waals surface area contributed by atoms with Gasteiger partial charge in [0.05, 0.1) is 6.20 Å². The molecule has 1 heterocycles. The zero-order valence-corrected chi connectivity index (χ0v) is 13.3. The molecule has 2 rings (SSSR count). The van der Waals surface area contributed by atoms with Gasteiger partial charge in [0.1, 0.15) is 4.90 Å². The van der Waals surface area contributed by atoms with Gasteiger partial charge in [0.2, 0.25) is 10.0 Å². The normalized spacial score (nSPS) is 13.5. The molecule has 0 saturated carbocycles. The van der Waals surface area contributed by atoms with Gasteiger partial charge in [-0.1, -0.05) is 45.0 Å². The van der Waals surface area contributed by atoms with Crippen LogP contribution in [0.1, 0.15) is 37.9 Å². The van der Waals surface area contributed by atoms with Crippen molar-refractivity contribution >= 4 is 10.0 Å². The quantitative estimate of drug-likeness (QED) is 0.861. The van der Waals surface area contributed by atoms with Crippen molar-refractivity contribution in [3.63, 3.8) is 0 Å². The Kier molecular flexibility index (Phi) is 4.80. The summed E-state index contributed by atoms with van der Waals surface area (Å²) in [4.78, 5) is 0.151. The standard InChI is InChI=1S/C15H21N3O2S/c1-4-12-5-7-13(8-6-12)15(11(2)3)18-21(19,20)14-9-16-17-10-14/h5-11,15,18H,4H2,1-3H3,(H,16,17). The maximum absolute atomic E-state index is 12.3. The second-order valence-corrected chi connectivity index (χ2v) is 7.09. The minimum atomic E-state index is -3.57. The minimum Gasteiger partial charge on any atom is -0.284 e. The van der Waals surface area contributed by atoms with Gasteiger partial charge in [-0.05, 0) is 23.5 Å². The number of aromatic nitrogens is 2. The second-order valence-electron chi connectivity index (χ2n) is 5.37. The van der Waals surface area contributed by atoms with Crippen LogP contribution in [-0.2, 0) is 16.4 Å². The van der Waals surface area contributed by atoms with E-state index in [-0.39, 0.29) is 16.9 Å². The van der Waals surface area contributed by atoms with Crippen LogP contribution in [-0.4, -0.2) is 18.6 Å². The van der Waals surface area contributed by atoms with Crippen molar-refractivity contribution in [2.24, 2.45) is 5.92 Å². The van der Waals surface area contributed by atoms with Crippen molar-refractivity contribution in [1.82, 2.24) is 14.9 Å². The first-order chi connectivity index (χ1) is 9.94. The summed E-state index contributed by atoms with van der Waals surface area (Å²) in [5, 5.41) is 6.22. The summed E-state index contributed by atoms with van der Waals surface area (Å²) in [6, 6.07) is 7.78. The number of aromatic amines is 1. The van der Waals surface area contributed by atoms with Gasteiger partial charge >= 0.3 is 0 Å². The predicted octanol–water partition coefficient (Wildman–Crippen LogP) is 2.65. The topological polar surface area (TPSA) is 74.8 Å². The Morgan fingerprint density at radius 2 is 1.90 bits per heavy atom. The fourth-order valence-electron chi connectivity index (χ4n) is 2.17. The van der Waals surface area contributed by atoms with Crippen LogP contribution in [0.25, 0.3) is 0 Å². The molecular formula is C15H21N3O2S. The molecule has 5 nitrogen and oxygen atoms in total. The zero-order chi connectivity index (χ0) is 15.5. The summed E-state index contributed by atoms with van der Waals surface area (Å²) in [6.07, 6.45) is 3.65. The van der Waals surface area contributed by atoms with Crippen LogP contribution in [0.4, 0.5) is 0 Å². The Morgan fingerprint density at radius 1 is 1.24 bits per heavy atom. The van der Waals surface area contributed by atoms with Gasteiger partial charge in [-0.15, -0.1) is 0 Å². The van der Waals surface area contributed by atoms with Crippen molar-refractivity contribution < 1.29 is 8.42 Å². The Hall–Kier alpha value is -1.66. The molecule has 0 aliphatic carbocycles. The molecule has 1 aromatic heterocycles. The lowest BCUT2D eigenvalue weighted by molar-refractivity contribution is 0.463. The summed E-state index contributed by atoms with van der Waals surface area (Å²) >= 11 is 0. The molecule has 1 aromatic carbocycles. The number of benzene rings is 1. The predicted molar refractivity (Wildman–Crippen MR) is 82.3 cm³/mol. The first-order valence-corrected chi connectivity index (χ1v) is 8.52. The van der Waals surface area contributed by atoms with Crippen molar-refractivity contribution in [3.05, 3.63) is 47.8 Å². The van der Waals surface area contributed by atoms with E-state index in [0.717, 1.165) is 12.0 Å². The van der Waals surface area contributed by atoms with E-state index in [9.17, 15) is 8.42 Å². The van der Waals surface area contributed by atoms with Gasteiger partial charge in [-0.2, -0.15) is 5.10 Å². The second kappa shape index (κ2) is 6.41. The Morgan fingerprint density at radius 3 is 2.38 bits per heavy atom. The third kappa shape index (κ3) is 3.71. The molecule has 21 heavy (non-hydrogen) atoms. The average molecular weight is 307 g/mol. The Balaban J connectivity index is 2.27. The molecule has 2 N–H and O–H groups in total. The fraction of sp³-hybridized carbons (Fsp3) is 0.400. The molecule has 1 atom stereocenters. The molecule has 0 radical (unpaired) electrons. The van der Waals surface area contributed by atoms with Gasteiger partial charge in [-0.25, -0.2) is 13.1 Å². The van der Waals surface area contributed by atoms with Gasteiger partial charge in [-0.3, -0.25) is 5.10 Å². The number of sulfonamides is 1. The maximum atomic E-state index is 12.3. The van der Waals surface area contributed by atoms with E-state index < -0.39 is 10.0 Å². The summed E-state index contributed by atoms with van der Waals surface area (Å²) in [7, 11) is -3.57. The molecule has 0 saturated heterocycles. The van der Waals surface area contributed by atoms with Gasteiger partial charge in [0.25, 0.3) is 0 Å². The summed E-state index contributed by atoms with van der Waals surface area (Å²) in [5.74, 6) is 0.138. The lowest BCUT2D eigenvalue weighted by atomic mass is 9.96. The average Bonchev–Trinajstić information content (AvgIpc) is 3.00. The van der Waals surface area contributed by atoms with Gasteiger partial charge in [0.15, 0.2) is 0 Å². The molecule has 1 unspecified atom stereocenters. The maximum Gasteiger partial charge on any atom is 0.244 e. The fourth-order valence-corrected chi connectivity index (χ4v) is 3.45. The first kappa shape index (κ1) is 15.7. The lowest BCUT2D eigenvalue weighted by Crippen LogP contribution is -2.31. The Bertz CT molecular complexity index is 661. The van der Waals surface area contributed by atoms with Gasteiger partial charge < -0.3 is 0 Å². The number of hydrogen-bond donors (Lipinski definition) is 2. The largest absolute Gasteiger partial charge is 0.284 e. The van der Waals surface area contributed by atoms with E-state index in [2.05, 4.69) is 21.8 Å². The molecule has 0 amide bonds. The molecule has 6 heteroatoms. The van der Waals surface area contributed by atoms with Crippen LogP contribution in [0.3, 0.4) is 0 Å². The highest BCUT2D eigenvalue weighted by Crippen LogP contribution is 2.24. The van der Waals surface area contributed by atoms with Crippen molar-refractivity contribution in [1.29, 1.82) is 0 Å². The molecule has 0 spiro atoms. The zero-order valence-electron chi connectivity index (χ0n) is 12.5. The number of nitrogens with one attached hydrogen (secondary N) is 2. The SMILES string of the molecule is CCc1ccc(C(NS(=O)(=O)c2cn[nH]c2)C(C)C)cc1. The van der Waals surface area contributed by atoms with E-state index in [1.165, 1.54) is 18.0 Å². The molecule has 2 aromatic rings. The smallest absolute Gasteiger partial charge is 0.244 e. The van der Waals surface area contributed by atoms with Crippen molar-refractivity contribution in [3.8, 4) is 0 Å². The third-order valence-corrected chi connectivity index (χ3v) is 4.89. The molecule has 0 aliphatic rings. The van der Waals surface area contributed by atoms with Crippen LogP contribution in [0.15, 0.2) is 41.6 Å². The highest BCUT2D eigenvalue weighted by molar-refractivity contribution is 7.89. The number of rotatable bonds is 6. The number of nitrogens with zero attached hydrogens (tertiary/aromatic N) is 1.